The van der Waals surface area contributed by atoms with Crippen LogP contribution in [0.4, 0.5) is 0 Å². The Kier molecular flexibility index (Phi) is 3.78. The third-order valence-corrected chi connectivity index (χ3v) is 3.01. The van der Waals surface area contributed by atoms with Gasteiger partial charge in [-0.05, 0) is 32.6 Å². The number of rotatable bonds is 4. The van der Waals surface area contributed by atoms with E-state index in [1.165, 1.54) is 0 Å². The van der Waals surface area contributed by atoms with Gasteiger partial charge >= 0.3 is 0 Å². The molecule has 1 unspecified atom stereocenters. The van der Waals surface area contributed by atoms with Crippen LogP contribution in [0, 0.1) is 0 Å². The zero-order valence-electron chi connectivity index (χ0n) is 10.0. The first-order valence-electron chi connectivity index (χ1n) is 6.12. The van der Waals surface area contributed by atoms with Crippen molar-refractivity contribution in [3.63, 3.8) is 0 Å². The molecule has 0 fully saturated rings. The minimum absolute atomic E-state index is 0.197. The molecule has 5 nitrogen and oxygen atoms in total. The maximum atomic E-state index is 11.8. The normalized spacial score (nSPS) is 16.4. The number of nitrogens with one attached hydrogen (secondary N) is 1. The standard InChI is InChI=1S/C12H18N2O3/c1-8(15)6-7-13-12(16)11-9-4-2-3-5-10(9)17-14-11/h8,15H,2-7H2,1H3,(H,13,16). The van der Waals surface area contributed by atoms with Crippen LogP contribution in [0.3, 0.4) is 0 Å². The topological polar surface area (TPSA) is 75.4 Å². The molecule has 2 N–H and O–H groups in total. The summed E-state index contributed by atoms with van der Waals surface area (Å²) in [5, 5.41) is 15.7. The summed E-state index contributed by atoms with van der Waals surface area (Å²) in [7, 11) is 0. The Morgan fingerprint density at radius 3 is 3.06 bits per heavy atom. The molecule has 1 aromatic heterocycles. The molecule has 0 saturated heterocycles. The number of aliphatic hydroxyl groups excluding tert-OH is 1. The van der Waals surface area contributed by atoms with Crippen LogP contribution in [0.1, 0.15) is 48.0 Å². The second-order valence-corrected chi connectivity index (χ2v) is 4.53. The fourth-order valence-electron chi connectivity index (χ4n) is 2.04. The van der Waals surface area contributed by atoms with Gasteiger partial charge < -0.3 is 14.9 Å². The van der Waals surface area contributed by atoms with Crippen molar-refractivity contribution in [3.05, 3.63) is 17.0 Å². The summed E-state index contributed by atoms with van der Waals surface area (Å²) in [5.41, 5.74) is 1.39. The molecule has 17 heavy (non-hydrogen) atoms. The van der Waals surface area contributed by atoms with Crippen molar-refractivity contribution in [1.82, 2.24) is 10.5 Å². The number of fused-ring (bicyclic) bond motifs is 1. The summed E-state index contributed by atoms with van der Waals surface area (Å²) in [6.07, 6.45) is 4.09. The molecular weight excluding hydrogens is 220 g/mol. The third-order valence-electron chi connectivity index (χ3n) is 3.01. The Hall–Kier alpha value is -1.36. The number of aliphatic hydroxyl groups is 1. The number of carbonyl (C=O) groups is 1. The lowest BCUT2D eigenvalue weighted by Crippen LogP contribution is -2.27. The van der Waals surface area contributed by atoms with E-state index in [2.05, 4.69) is 10.5 Å². The van der Waals surface area contributed by atoms with E-state index in [9.17, 15) is 4.79 Å². The molecule has 0 radical (unpaired) electrons. The highest BCUT2D eigenvalue weighted by molar-refractivity contribution is 5.93. The van der Waals surface area contributed by atoms with Gasteiger partial charge in [0.25, 0.3) is 5.91 Å². The average molecular weight is 238 g/mol. The van der Waals surface area contributed by atoms with E-state index in [1.54, 1.807) is 6.92 Å². The summed E-state index contributed by atoms with van der Waals surface area (Å²) in [5.74, 6) is 0.662. The molecular formula is C12H18N2O3. The van der Waals surface area contributed by atoms with E-state index in [0.29, 0.717) is 18.7 Å². The number of nitrogens with zero attached hydrogens (tertiary/aromatic N) is 1. The maximum Gasteiger partial charge on any atom is 0.273 e. The lowest BCUT2D eigenvalue weighted by molar-refractivity contribution is 0.0936. The van der Waals surface area contributed by atoms with E-state index in [-0.39, 0.29) is 5.91 Å². The van der Waals surface area contributed by atoms with Gasteiger partial charge in [-0.15, -0.1) is 0 Å². The highest BCUT2D eigenvalue weighted by Gasteiger charge is 2.23. The molecule has 0 saturated carbocycles. The summed E-state index contributed by atoms with van der Waals surface area (Å²) in [6.45, 7) is 2.16. The monoisotopic (exact) mass is 238 g/mol. The molecule has 5 heteroatoms. The third kappa shape index (κ3) is 2.85. The van der Waals surface area contributed by atoms with Gasteiger partial charge in [-0.25, -0.2) is 0 Å². The molecule has 1 heterocycles. The number of hydrogen-bond donors (Lipinski definition) is 2. The molecule has 1 aliphatic carbocycles. The quantitative estimate of drug-likeness (QED) is 0.822. The Bertz CT molecular complexity index is 398. The number of aromatic nitrogens is 1. The van der Waals surface area contributed by atoms with Crippen LogP contribution in [-0.4, -0.2) is 28.8 Å². The fraction of sp³-hybridized carbons (Fsp3) is 0.667. The second kappa shape index (κ2) is 5.31. The first kappa shape index (κ1) is 12.1. The SMILES string of the molecule is CC(O)CCNC(=O)c1noc2c1CCCC2. The van der Waals surface area contributed by atoms with Gasteiger partial charge in [-0.3, -0.25) is 4.79 Å². The van der Waals surface area contributed by atoms with Crippen LogP contribution < -0.4 is 5.32 Å². The van der Waals surface area contributed by atoms with Gasteiger partial charge in [-0.2, -0.15) is 0 Å². The van der Waals surface area contributed by atoms with Crippen LogP contribution in [0.25, 0.3) is 0 Å². The maximum absolute atomic E-state index is 11.8. The first-order chi connectivity index (χ1) is 8.18. The van der Waals surface area contributed by atoms with Gasteiger partial charge in [0.15, 0.2) is 5.69 Å². The zero-order chi connectivity index (χ0) is 12.3. The highest BCUT2D eigenvalue weighted by Crippen LogP contribution is 2.23. The molecule has 2 rings (SSSR count). The highest BCUT2D eigenvalue weighted by atomic mass is 16.5. The van der Waals surface area contributed by atoms with Crippen molar-refractivity contribution in [2.45, 2.75) is 45.1 Å². The Morgan fingerprint density at radius 2 is 2.29 bits per heavy atom. The van der Waals surface area contributed by atoms with Gasteiger partial charge in [0.1, 0.15) is 5.76 Å². The summed E-state index contributed by atoms with van der Waals surface area (Å²) in [6, 6.07) is 0. The lowest BCUT2D eigenvalue weighted by Gasteiger charge is -2.09. The van der Waals surface area contributed by atoms with E-state index in [4.69, 9.17) is 9.63 Å². The van der Waals surface area contributed by atoms with Crippen molar-refractivity contribution in [3.8, 4) is 0 Å². The van der Waals surface area contributed by atoms with Gasteiger partial charge in [0, 0.05) is 18.5 Å². The number of hydrogen-bond acceptors (Lipinski definition) is 4. The minimum Gasteiger partial charge on any atom is -0.393 e. The van der Waals surface area contributed by atoms with E-state index >= 15 is 0 Å². The predicted octanol–water partition coefficient (Wildman–Crippen LogP) is 1.05. The largest absolute Gasteiger partial charge is 0.393 e. The van der Waals surface area contributed by atoms with Gasteiger partial charge in [-0.1, -0.05) is 5.16 Å². The van der Waals surface area contributed by atoms with Crippen molar-refractivity contribution in [2.75, 3.05) is 6.54 Å². The molecule has 1 aromatic rings. The van der Waals surface area contributed by atoms with E-state index in [0.717, 1.165) is 37.0 Å². The number of carbonyl (C=O) groups excluding carboxylic acids is 1. The van der Waals surface area contributed by atoms with Crippen molar-refractivity contribution in [1.29, 1.82) is 0 Å². The Balaban J connectivity index is 1.97. The Labute approximate surface area is 100 Å². The number of amides is 1. The molecule has 1 atom stereocenters. The molecule has 0 bridgehead atoms. The first-order valence-corrected chi connectivity index (χ1v) is 6.12. The van der Waals surface area contributed by atoms with Crippen LogP contribution in [0.15, 0.2) is 4.52 Å². The van der Waals surface area contributed by atoms with Crippen LogP contribution in [-0.2, 0) is 12.8 Å². The smallest absolute Gasteiger partial charge is 0.273 e. The van der Waals surface area contributed by atoms with Crippen LogP contribution >= 0.6 is 0 Å². The lowest BCUT2D eigenvalue weighted by atomic mass is 9.96. The molecule has 1 amide bonds. The molecule has 0 spiro atoms. The fourth-order valence-corrected chi connectivity index (χ4v) is 2.04. The molecule has 0 aliphatic heterocycles. The van der Waals surface area contributed by atoms with Gasteiger partial charge in [0.05, 0.1) is 6.10 Å². The summed E-state index contributed by atoms with van der Waals surface area (Å²) in [4.78, 5) is 11.8. The molecule has 94 valence electrons. The summed E-state index contributed by atoms with van der Waals surface area (Å²) >= 11 is 0. The minimum atomic E-state index is -0.401. The van der Waals surface area contributed by atoms with Gasteiger partial charge in [0.2, 0.25) is 0 Å². The van der Waals surface area contributed by atoms with Crippen molar-refractivity contribution in [2.24, 2.45) is 0 Å². The Morgan fingerprint density at radius 1 is 1.53 bits per heavy atom. The number of aryl methyl sites for hydroxylation is 1. The second-order valence-electron chi connectivity index (χ2n) is 4.53. The van der Waals surface area contributed by atoms with Crippen LogP contribution in [0.5, 0.6) is 0 Å². The molecule has 1 aliphatic rings. The van der Waals surface area contributed by atoms with Crippen LogP contribution in [0.2, 0.25) is 0 Å². The summed E-state index contributed by atoms with van der Waals surface area (Å²) < 4.78 is 5.18. The van der Waals surface area contributed by atoms with E-state index < -0.39 is 6.10 Å². The van der Waals surface area contributed by atoms with Crippen molar-refractivity contribution >= 4 is 5.91 Å². The average Bonchev–Trinajstić information content (AvgIpc) is 2.72. The van der Waals surface area contributed by atoms with E-state index in [1.807, 2.05) is 0 Å². The predicted molar refractivity (Wildman–Crippen MR) is 61.8 cm³/mol. The zero-order valence-corrected chi connectivity index (χ0v) is 10.0. The molecule has 0 aromatic carbocycles. The van der Waals surface area contributed by atoms with Crippen molar-refractivity contribution < 1.29 is 14.4 Å².